The summed E-state index contributed by atoms with van der Waals surface area (Å²) in [6, 6.07) is 8.01. The van der Waals surface area contributed by atoms with Gasteiger partial charge in [-0.1, -0.05) is 17.7 Å². The maximum absolute atomic E-state index is 13.1. The Hall–Kier alpha value is -3.00. The highest BCUT2D eigenvalue weighted by molar-refractivity contribution is 5.91. The first-order valence-electron chi connectivity index (χ1n) is 11.8. The second-order valence-corrected chi connectivity index (χ2v) is 9.59. The lowest BCUT2D eigenvalue weighted by Gasteiger charge is -2.34. The van der Waals surface area contributed by atoms with Crippen molar-refractivity contribution in [1.82, 2.24) is 20.0 Å². The van der Waals surface area contributed by atoms with Crippen molar-refractivity contribution >= 4 is 29.3 Å². The predicted molar refractivity (Wildman–Crippen MR) is 133 cm³/mol. The van der Waals surface area contributed by atoms with Crippen LogP contribution >= 0.6 is 0 Å². The van der Waals surface area contributed by atoms with Crippen molar-refractivity contribution in [3.8, 4) is 0 Å². The molecule has 1 atom stereocenters. The number of hydrogen-bond acceptors (Lipinski definition) is 7. The minimum absolute atomic E-state index is 0.0832. The molecule has 176 valence electrons. The Morgan fingerprint density at radius 1 is 1.18 bits per heavy atom. The van der Waals surface area contributed by atoms with Crippen LogP contribution in [0.25, 0.3) is 0 Å². The second-order valence-electron chi connectivity index (χ2n) is 9.59. The van der Waals surface area contributed by atoms with Gasteiger partial charge in [-0.2, -0.15) is 5.10 Å². The van der Waals surface area contributed by atoms with Crippen molar-refractivity contribution in [2.24, 2.45) is 16.8 Å². The first-order valence-corrected chi connectivity index (χ1v) is 11.8. The van der Waals surface area contributed by atoms with E-state index in [0.717, 1.165) is 63.2 Å². The lowest BCUT2D eigenvalue weighted by molar-refractivity contribution is -0.135. The van der Waals surface area contributed by atoms with Crippen LogP contribution in [0.3, 0.4) is 0 Å². The number of likely N-dealkylation sites (tertiary alicyclic amines) is 1. The number of nitrogens with zero attached hydrogens (tertiary/aromatic N) is 6. The van der Waals surface area contributed by atoms with Crippen LogP contribution in [0.1, 0.15) is 30.4 Å². The molecule has 8 heteroatoms. The van der Waals surface area contributed by atoms with Crippen molar-refractivity contribution in [3.63, 3.8) is 0 Å². The molecule has 33 heavy (non-hydrogen) atoms. The first kappa shape index (κ1) is 23.2. The summed E-state index contributed by atoms with van der Waals surface area (Å²) in [7, 11) is 4.19. The van der Waals surface area contributed by atoms with Crippen molar-refractivity contribution in [1.29, 1.82) is 0 Å². The van der Waals surface area contributed by atoms with Crippen LogP contribution in [0.4, 0.5) is 17.2 Å². The highest BCUT2D eigenvalue weighted by Crippen LogP contribution is 2.29. The molecule has 2 N–H and O–H groups in total. The number of nitrogens with two attached hydrogens (primary N) is 1. The fraction of sp³-hybridized carbons (Fsp3) is 0.520. The zero-order valence-corrected chi connectivity index (χ0v) is 19.9. The van der Waals surface area contributed by atoms with Crippen LogP contribution in [0.2, 0.25) is 0 Å². The van der Waals surface area contributed by atoms with Gasteiger partial charge in [0, 0.05) is 50.4 Å². The van der Waals surface area contributed by atoms with E-state index in [2.05, 4.69) is 44.0 Å². The third-order valence-electron chi connectivity index (χ3n) is 6.65. The molecule has 0 saturated carbocycles. The number of aryl methyl sites for hydroxylation is 1. The number of benzene rings is 1. The number of carbonyl (C=O) groups is 1. The largest absolute Gasteiger partial charge is 0.395 e. The topological polar surface area (TPSA) is 91.0 Å². The van der Waals surface area contributed by atoms with E-state index in [9.17, 15) is 4.79 Å². The standard InChI is InChI=1S/C25H35N7O/c1-18-4-6-22(7-5-18)27-14-21-15-28-29-24(23(21)26)31-12-9-20(10-13-31)25(33)32-11-8-19(17-32)16-30(2)3/h4-7,14-15,19-20H,8-13,16-17H2,1-3H3,(H2,26,28). The summed E-state index contributed by atoms with van der Waals surface area (Å²) >= 11 is 0. The lowest BCUT2D eigenvalue weighted by atomic mass is 9.95. The van der Waals surface area contributed by atoms with Gasteiger partial charge in [-0.3, -0.25) is 9.79 Å². The van der Waals surface area contributed by atoms with E-state index in [4.69, 9.17) is 5.73 Å². The van der Waals surface area contributed by atoms with Gasteiger partial charge in [0.15, 0.2) is 5.82 Å². The Morgan fingerprint density at radius 2 is 1.91 bits per heavy atom. The maximum atomic E-state index is 13.1. The Balaban J connectivity index is 1.35. The van der Waals surface area contributed by atoms with Gasteiger partial charge in [0.1, 0.15) is 0 Å². The van der Waals surface area contributed by atoms with Crippen LogP contribution in [-0.2, 0) is 4.79 Å². The summed E-state index contributed by atoms with van der Waals surface area (Å²) < 4.78 is 0. The minimum atomic E-state index is 0.0832. The minimum Gasteiger partial charge on any atom is -0.395 e. The fourth-order valence-corrected chi connectivity index (χ4v) is 4.80. The van der Waals surface area contributed by atoms with Gasteiger partial charge < -0.3 is 20.4 Å². The molecular formula is C25H35N7O. The zero-order valence-electron chi connectivity index (χ0n) is 19.9. The van der Waals surface area contributed by atoms with E-state index < -0.39 is 0 Å². The molecule has 2 saturated heterocycles. The Bertz CT molecular complexity index is 981. The van der Waals surface area contributed by atoms with Crippen LogP contribution in [0, 0.1) is 18.8 Å². The third-order valence-corrected chi connectivity index (χ3v) is 6.65. The molecule has 1 amide bonds. The molecule has 1 aromatic carbocycles. The van der Waals surface area contributed by atoms with E-state index in [1.54, 1.807) is 12.4 Å². The van der Waals surface area contributed by atoms with E-state index in [0.29, 0.717) is 23.3 Å². The molecule has 0 radical (unpaired) electrons. The molecule has 1 unspecified atom stereocenters. The van der Waals surface area contributed by atoms with Gasteiger partial charge >= 0.3 is 0 Å². The van der Waals surface area contributed by atoms with Crippen molar-refractivity contribution in [2.75, 3.05) is 57.5 Å². The van der Waals surface area contributed by atoms with Gasteiger partial charge in [-0.15, -0.1) is 5.10 Å². The highest BCUT2D eigenvalue weighted by atomic mass is 16.2. The number of rotatable bonds is 6. The van der Waals surface area contributed by atoms with E-state index in [1.807, 2.05) is 31.2 Å². The Kier molecular flexibility index (Phi) is 7.23. The molecule has 8 nitrogen and oxygen atoms in total. The average Bonchev–Trinajstić information content (AvgIpc) is 3.27. The van der Waals surface area contributed by atoms with Crippen molar-refractivity contribution in [2.45, 2.75) is 26.2 Å². The zero-order chi connectivity index (χ0) is 23.4. The molecule has 0 spiro atoms. The Morgan fingerprint density at radius 3 is 2.61 bits per heavy atom. The molecule has 2 aliphatic rings. The van der Waals surface area contributed by atoms with E-state index >= 15 is 0 Å². The number of nitrogen functional groups attached to an aromatic ring is 1. The summed E-state index contributed by atoms with van der Waals surface area (Å²) in [5.41, 5.74) is 9.83. The summed E-state index contributed by atoms with van der Waals surface area (Å²) in [5.74, 6) is 1.66. The molecule has 3 heterocycles. The summed E-state index contributed by atoms with van der Waals surface area (Å²) in [6.45, 7) is 6.38. The fourth-order valence-electron chi connectivity index (χ4n) is 4.80. The number of hydrogen-bond donors (Lipinski definition) is 1. The smallest absolute Gasteiger partial charge is 0.225 e. The van der Waals surface area contributed by atoms with Gasteiger partial charge in [0.25, 0.3) is 0 Å². The van der Waals surface area contributed by atoms with Crippen LogP contribution in [0.5, 0.6) is 0 Å². The molecule has 0 aliphatic carbocycles. The average molecular weight is 450 g/mol. The van der Waals surface area contributed by atoms with Crippen LogP contribution < -0.4 is 10.6 Å². The number of carbonyl (C=O) groups excluding carboxylic acids is 1. The predicted octanol–water partition coefficient (Wildman–Crippen LogP) is 2.74. The SMILES string of the molecule is Cc1ccc(N=Cc2cnnc(N3CCC(C(=O)N4CCC(CN(C)C)C4)CC3)c2N)cc1. The number of piperidine rings is 1. The van der Waals surface area contributed by atoms with Crippen molar-refractivity contribution < 1.29 is 4.79 Å². The molecule has 1 aromatic heterocycles. The molecule has 0 bridgehead atoms. The monoisotopic (exact) mass is 449 g/mol. The first-order chi connectivity index (χ1) is 15.9. The van der Waals surface area contributed by atoms with Gasteiger partial charge in [-0.25, -0.2) is 0 Å². The summed E-state index contributed by atoms with van der Waals surface area (Å²) in [6.07, 6.45) is 6.12. The van der Waals surface area contributed by atoms with Gasteiger partial charge in [0.2, 0.25) is 5.91 Å². The normalized spacial score (nSPS) is 19.7. The van der Waals surface area contributed by atoms with Gasteiger partial charge in [0.05, 0.1) is 17.6 Å². The third kappa shape index (κ3) is 5.68. The molecule has 4 rings (SSSR count). The summed E-state index contributed by atoms with van der Waals surface area (Å²) in [4.78, 5) is 24.0. The van der Waals surface area contributed by atoms with Gasteiger partial charge in [-0.05, 0) is 58.3 Å². The van der Waals surface area contributed by atoms with Crippen molar-refractivity contribution in [3.05, 3.63) is 41.6 Å². The second kappa shape index (κ2) is 10.3. The number of aliphatic imine (C=N–C) groups is 1. The summed E-state index contributed by atoms with van der Waals surface area (Å²) in [5, 5.41) is 8.46. The van der Waals surface area contributed by atoms with Crippen LogP contribution in [-0.4, -0.2) is 78.9 Å². The van der Waals surface area contributed by atoms with Crippen LogP contribution in [0.15, 0.2) is 35.5 Å². The molecule has 2 fully saturated rings. The number of amides is 1. The Labute approximate surface area is 196 Å². The van der Waals surface area contributed by atoms with E-state index in [-0.39, 0.29) is 5.92 Å². The number of anilines is 2. The lowest BCUT2D eigenvalue weighted by Crippen LogP contribution is -2.42. The number of aromatic nitrogens is 2. The molecule has 2 aromatic rings. The van der Waals surface area contributed by atoms with E-state index in [1.165, 1.54) is 5.56 Å². The molecule has 2 aliphatic heterocycles. The molecular weight excluding hydrogens is 414 g/mol. The highest BCUT2D eigenvalue weighted by Gasteiger charge is 2.33. The quantitative estimate of drug-likeness (QED) is 0.682. The maximum Gasteiger partial charge on any atom is 0.225 e.